The average molecular weight is 320 g/mol. The second-order valence-electron chi connectivity index (χ2n) is 6.14. The second-order valence-corrected chi connectivity index (χ2v) is 6.14. The molecular weight excluding hydrogens is 296 g/mol. The molecule has 1 atom stereocenters. The van der Waals surface area contributed by atoms with Crippen molar-refractivity contribution in [2.75, 3.05) is 32.8 Å². The van der Waals surface area contributed by atoms with E-state index in [1.807, 2.05) is 27.5 Å². The molecule has 2 amide bonds. The number of hydrogen-bond acceptors (Lipinski definition) is 4. The molecule has 0 aliphatic carbocycles. The van der Waals surface area contributed by atoms with Gasteiger partial charge in [0.1, 0.15) is 0 Å². The number of hydrogen-bond donors (Lipinski definition) is 0. The number of aromatic nitrogens is 2. The highest BCUT2D eigenvalue weighted by Crippen LogP contribution is 2.24. The van der Waals surface area contributed by atoms with Gasteiger partial charge in [-0.2, -0.15) is 5.10 Å². The maximum atomic E-state index is 12.5. The molecule has 7 nitrogen and oxygen atoms in total. The van der Waals surface area contributed by atoms with Crippen molar-refractivity contribution in [2.45, 2.75) is 38.8 Å². The summed E-state index contributed by atoms with van der Waals surface area (Å²) in [6.07, 6.45) is 3.52. The van der Waals surface area contributed by atoms with Crippen LogP contribution in [-0.4, -0.2) is 64.2 Å². The molecule has 1 saturated heterocycles. The third-order valence-electron chi connectivity index (χ3n) is 4.47. The number of morpholine rings is 1. The molecule has 23 heavy (non-hydrogen) atoms. The number of carbonyl (C=O) groups is 2. The van der Waals surface area contributed by atoms with E-state index in [9.17, 15) is 9.59 Å². The van der Waals surface area contributed by atoms with E-state index in [1.165, 1.54) is 0 Å². The van der Waals surface area contributed by atoms with Crippen LogP contribution in [0, 0.1) is 0 Å². The lowest BCUT2D eigenvalue weighted by Crippen LogP contribution is -2.45. The smallest absolute Gasteiger partial charge is 0.224 e. The van der Waals surface area contributed by atoms with Crippen LogP contribution in [0.4, 0.5) is 0 Å². The Bertz CT molecular complexity index is 565. The van der Waals surface area contributed by atoms with Crippen molar-refractivity contribution in [1.82, 2.24) is 19.6 Å². The zero-order valence-electron chi connectivity index (χ0n) is 13.6. The van der Waals surface area contributed by atoms with Crippen LogP contribution < -0.4 is 0 Å². The molecule has 1 aromatic heterocycles. The van der Waals surface area contributed by atoms with Crippen molar-refractivity contribution in [2.24, 2.45) is 0 Å². The molecule has 3 heterocycles. The van der Waals surface area contributed by atoms with Gasteiger partial charge in [-0.3, -0.25) is 14.3 Å². The van der Waals surface area contributed by atoms with Crippen LogP contribution in [0.5, 0.6) is 0 Å². The van der Waals surface area contributed by atoms with Gasteiger partial charge in [-0.1, -0.05) is 6.92 Å². The zero-order chi connectivity index (χ0) is 16.2. The SMILES string of the molecule is CCCC(=O)N1Cc2ccnn2C(CC(=O)N2CCOCC2)C1. The number of rotatable bonds is 4. The van der Waals surface area contributed by atoms with Crippen molar-refractivity contribution in [3.63, 3.8) is 0 Å². The highest BCUT2D eigenvalue weighted by molar-refractivity contribution is 5.78. The summed E-state index contributed by atoms with van der Waals surface area (Å²) in [7, 11) is 0. The Labute approximate surface area is 136 Å². The van der Waals surface area contributed by atoms with Gasteiger partial charge in [0.15, 0.2) is 0 Å². The minimum absolute atomic E-state index is 0.0788. The summed E-state index contributed by atoms with van der Waals surface area (Å²) in [6.45, 7) is 5.65. The van der Waals surface area contributed by atoms with Crippen molar-refractivity contribution < 1.29 is 14.3 Å². The summed E-state index contributed by atoms with van der Waals surface area (Å²) < 4.78 is 7.21. The number of carbonyl (C=O) groups excluding carboxylic acids is 2. The predicted octanol–water partition coefficient (Wildman–Crippen LogP) is 0.815. The Morgan fingerprint density at radius 1 is 1.26 bits per heavy atom. The Kier molecular flexibility index (Phi) is 4.95. The summed E-state index contributed by atoms with van der Waals surface area (Å²) in [5, 5.41) is 4.36. The molecule has 2 aliphatic rings. The fourth-order valence-corrected chi connectivity index (χ4v) is 3.24. The highest BCUT2D eigenvalue weighted by atomic mass is 16.5. The van der Waals surface area contributed by atoms with Crippen LogP contribution in [0.1, 0.15) is 37.9 Å². The molecule has 0 N–H and O–H groups in total. The van der Waals surface area contributed by atoms with Gasteiger partial charge in [-0.15, -0.1) is 0 Å². The quantitative estimate of drug-likeness (QED) is 0.823. The first-order valence-electron chi connectivity index (χ1n) is 8.34. The average Bonchev–Trinajstić information content (AvgIpc) is 3.04. The van der Waals surface area contributed by atoms with E-state index in [4.69, 9.17) is 4.74 Å². The Hall–Kier alpha value is -1.89. The minimum atomic E-state index is -0.0788. The van der Waals surface area contributed by atoms with Gasteiger partial charge in [-0.25, -0.2) is 0 Å². The molecule has 0 radical (unpaired) electrons. The zero-order valence-corrected chi connectivity index (χ0v) is 13.6. The van der Waals surface area contributed by atoms with Gasteiger partial charge >= 0.3 is 0 Å². The largest absolute Gasteiger partial charge is 0.378 e. The molecular formula is C16H24N4O3. The first-order valence-corrected chi connectivity index (χ1v) is 8.34. The molecule has 0 spiro atoms. The molecule has 7 heteroatoms. The van der Waals surface area contributed by atoms with Crippen LogP contribution in [0.2, 0.25) is 0 Å². The Balaban J connectivity index is 1.70. The van der Waals surface area contributed by atoms with Gasteiger partial charge in [0.2, 0.25) is 11.8 Å². The van der Waals surface area contributed by atoms with E-state index in [-0.39, 0.29) is 17.9 Å². The van der Waals surface area contributed by atoms with Crippen LogP contribution in [0.3, 0.4) is 0 Å². The Morgan fingerprint density at radius 2 is 2.04 bits per heavy atom. The van der Waals surface area contributed by atoms with E-state index >= 15 is 0 Å². The van der Waals surface area contributed by atoms with Crippen LogP contribution in [0.25, 0.3) is 0 Å². The molecule has 0 aromatic carbocycles. The maximum absolute atomic E-state index is 12.5. The summed E-state index contributed by atoms with van der Waals surface area (Å²) in [6, 6.07) is 1.85. The number of nitrogens with zero attached hydrogens (tertiary/aromatic N) is 4. The topological polar surface area (TPSA) is 67.7 Å². The van der Waals surface area contributed by atoms with Gasteiger partial charge in [0.05, 0.1) is 37.9 Å². The summed E-state index contributed by atoms with van der Waals surface area (Å²) in [5.41, 5.74) is 1.00. The Morgan fingerprint density at radius 3 is 2.78 bits per heavy atom. The van der Waals surface area contributed by atoms with E-state index in [2.05, 4.69) is 5.10 Å². The number of amides is 2. The van der Waals surface area contributed by atoms with Gasteiger partial charge in [0.25, 0.3) is 0 Å². The molecule has 1 aromatic rings. The summed E-state index contributed by atoms with van der Waals surface area (Å²) in [5.74, 6) is 0.272. The fraction of sp³-hybridized carbons (Fsp3) is 0.688. The van der Waals surface area contributed by atoms with Crippen LogP contribution in [0.15, 0.2) is 12.3 Å². The molecule has 0 bridgehead atoms. The molecule has 126 valence electrons. The van der Waals surface area contributed by atoms with E-state index in [0.717, 1.165) is 12.1 Å². The lowest BCUT2D eigenvalue weighted by Gasteiger charge is -2.35. The second kappa shape index (κ2) is 7.12. The first kappa shape index (κ1) is 16.0. The monoisotopic (exact) mass is 320 g/mol. The maximum Gasteiger partial charge on any atom is 0.224 e. The van der Waals surface area contributed by atoms with Crippen molar-refractivity contribution in [1.29, 1.82) is 0 Å². The molecule has 3 rings (SSSR count). The van der Waals surface area contributed by atoms with E-state index in [0.29, 0.717) is 52.2 Å². The summed E-state index contributed by atoms with van der Waals surface area (Å²) in [4.78, 5) is 28.5. The van der Waals surface area contributed by atoms with Crippen LogP contribution >= 0.6 is 0 Å². The molecule has 0 saturated carbocycles. The standard InChI is InChI=1S/C16H24N4O3/c1-2-3-15(21)19-11-13-4-5-17-20(13)14(12-19)10-16(22)18-6-8-23-9-7-18/h4-5,14H,2-3,6-12H2,1H3. The normalized spacial score (nSPS) is 21.2. The van der Waals surface area contributed by atoms with Gasteiger partial charge in [-0.05, 0) is 12.5 Å². The highest BCUT2D eigenvalue weighted by Gasteiger charge is 2.31. The van der Waals surface area contributed by atoms with E-state index in [1.54, 1.807) is 6.20 Å². The predicted molar refractivity (Wildman–Crippen MR) is 83.6 cm³/mol. The third kappa shape index (κ3) is 3.55. The van der Waals surface area contributed by atoms with Crippen molar-refractivity contribution in [3.05, 3.63) is 18.0 Å². The first-order chi connectivity index (χ1) is 11.2. The van der Waals surface area contributed by atoms with Gasteiger partial charge < -0.3 is 14.5 Å². The minimum Gasteiger partial charge on any atom is -0.378 e. The fourth-order valence-electron chi connectivity index (χ4n) is 3.24. The third-order valence-corrected chi connectivity index (χ3v) is 4.47. The molecule has 2 aliphatic heterocycles. The van der Waals surface area contributed by atoms with Crippen molar-refractivity contribution in [3.8, 4) is 0 Å². The lowest BCUT2D eigenvalue weighted by atomic mass is 10.1. The number of ether oxygens (including phenoxy) is 1. The van der Waals surface area contributed by atoms with Crippen molar-refractivity contribution >= 4 is 11.8 Å². The van der Waals surface area contributed by atoms with Gasteiger partial charge in [0, 0.05) is 32.3 Å². The van der Waals surface area contributed by atoms with E-state index < -0.39 is 0 Å². The summed E-state index contributed by atoms with van der Waals surface area (Å²) >= 11 is 0. The molecule has 1 fully saturated rings. The van der Waals surface area contributed by atoms with Crippen LogP contribution in [-0.2, 0) is 20.9 Å². The molecule has 1 unspecified atom stereocenters. The lowest BCUT2D eigenvalue weighted by molar-refractivity contribution is -0.139. The number of fused-ring (bicyclic) bond motifs is 1.